The Kier molecular flexibility index (Phi) is 1.80. The van der Waals surface area contributed by atoms with Crippen LogP contribution in [-0.2, 0) is 0 Å². The van der Waals surface area contributed by atoms with Crippen molar-refractivity contribution < 1.29 is 4.85 Å². The second-order valence-corrected chi connectivity index (χ2v) is 3.86. The molecule has 0 fully saturated rings. The van der Waals surface area contributed by atoms with E-state index in [0.717, 1.165) is 21.9 Å². The number of benzene rings is 2. The number of para-hydroxylation sites is 1. The van der Waals surface area contributed by atoms with Crippen molar-refractivity contribution in [2.45, 2.75) is 6.92 Å². The van der Waals surface area contributed by atoms with Gasteiger partial charge in [-0.3, -0.25) is 0 Å². The number of hydrogen-bond acceptors (Lipinski definition) is 2. The zero-order chi connectivity index (χ0) is 11.1. The summed E-state index contributed by atoms with van der Waals surface area (Å²) in [5, 5.41) is 17.8. The van der Waals surface area contributed by atoms with Crippen LogP contribution >= 0.6 is 0 Å². The minimum absolute atomic E-state index is 0.654. The van der Waals surface area contributed by atoms with Gasteiger partial charge in [-0.25, -0.2) is 0 Å². The molecule has 0 aliphatic rings. The Morgan fingerprint density at radius 1 is 1.00 bits per heavy atom. The molecule has 3 heteroatoms. The van der Waals surface area contributed by atoms with Crippen LogP contribution in [0.3, 0.4) is 0 Å². The van der Waals surface area contributed by atoms with Gasteiger partial charge in [0.2, 0.25) is 0 Å². The predicted octanol–water partition coefficient (Wildman–Crippen LogP) is 2.33. The molecule has 0 amide bonds. The smallest absolute Gasteiger partial charge is 0.255 e. The van der Waals surface area contributed by atoms with Crippen LogP contribution in [0.2, 0.25) is 0 Å². The summed E-state index contributed by atoms with van der Waals surface area (Å²) in [6.07, 6.45) is 0. The van der Waals surface area contributed by atoms with E-state index in [1.165, 1.54) is 0 Å². The second kappa shape index (κ2) is 3.17. The van der Waals surface area contributed by atoms with Crippen molar-refractivity contribution in [1.82, 2.24) is 5.10 Å². The van der Waals surface area contributed by atoms with Gasteiger partial charge >= 0.3 is 0 Å². The molecule has 0 spiro atoms. The zero-order valence-corrected chi connectivity index (χ0v) is 8.84. The number of aryl methyl sites for hydroxylation is 1. The standard InChI is InChI=1S/C13H10N2O/c1-9-5-4-7-11-10-6-2-3-8-12(10)14-15(16)13(9)11/h2-8H,1H3. The molecule has 0 radical (unpaired) electrons. The third-order valence-electron chi connectivity index (χ3n) is 2.82. The van der Waals surface area contributed by atoms with Crippen LogP contribution in [0.25, 0.3) is 21.8 Å². The molecule has 0 atom stereocenters. The van der Waals surface area contributed by atoms with Gasteiger partial charge in [0.05, 0.1) is 5.39 Å². The van der Waals surface area contributed by atoms with Crippen molar-refractivity contribution in [3.8, 4) is 0 Å². The van der Waals surface area contributed by atoms with Crippen molar-refractivity contribution in [2.24, 2.45) is 0 Å². The van der Waals surface area contributed by atoms with E-state index in [2.05, 4.69) is 5.10 Å². The third-order valence-corrected chi connectivity index (χ3v) is 2.82. The topological polar surface area (TPSA) is 39.8 Å². The summed E-state index contributed by atoms with van der Waals surface area (Å²) in [7, 11) is 0. The molecule has 1 aromatic heterocycles. The zero-order valence-electron chi connectivity index (χ0n) is 8.84. The summed E-state index contributed by atoms with van der Waals surface area (Å²) < 4.78 is 0. The van der Waals surface area contributed by atoms with Gasteiger partial charge in [0.15, 0.2) is 0 Å². The van der Waals surface area contributed by atoms with E-state index in [0.29, 0.717) is 10.4 Å². The van der Waals surface area contributed by atoms with Crippen molar-refractivity contribution >= 4 is 21.8 Å². The molecule has 0 saturated carbocycles. The van der Waals surface area contributed by atoms with E-state index in [1.807, 2.05) is 49.4 Å². The first kappa shape index (κ1) is 9.09. The van der Waals surface area contributed by atoms with Gasteiger partial charge in [-0.05, 0) is 23.9 Å². The Morgan fingerprint density at radius 2 is 1.75 bits per heavy atom. The van der Waals surface area contributed by atoms with Gasteiger partial charge in [-0.2, -0.15) is 0 Å². The predicted molar refractivity (Wildman–Crippen MR) is 62.9 cm³/mol. The minimum atomic E-state index is 0.654. The molecule has 0 aliphatic heterocycles. The molecule has 3 aromatic rings. The average molecular weight is 210 g/mol. The summed E-state index contributed by atoms with van der Waals surface area (Å²) in [5.41, 5.74) is 2.34. The first-order valence-electron chi connectivity index (χ1n) is 5.15. The molecule has 0 aliphatic carbocycles. The maximum absolute atomic E-state index is 11.8. The fourth-order valence-electron chi connectivity index (χ4n) is 2.07. The Morgan fingerprint density at radius 3 is 2.62 bits per heavy atom. The molecule has 3 rings (SSSR count). The summed E-state index contributed by atoms with van der Waals surface area (Å²) >= 11 is 0. The maximum Gasteiger partial charge on any atom is 0.255 e. The van der Waals surface area contributed by atoms with Crippen molar-refractivity contribution in [2.75, 3.05) is 0 Å². The summed E-state index contributed by atoms with van der Waals surface area (Å²) in [6.45, 7) is 1.92. The Bertz CT molecular complexity index is 692. The molecule has 0 N–H and O–H groups in total. The first-order chi connectivity index (χ1) is 7.77. The fourth-order valence-corrected chi connectivity index (χ4v) is 2.07. The lowest BCUT2D eigenvalue weighted by Gasteiger charge is -2.04. The summed E-state index contributed by atoms with van der Waals surface area (Å²) in [5.74, 6) is 0. The molecule has 0 bridgehead atoms. The van der Waals surface area contributed by atoms with E-state index in [-0.39, 0.29) is 0 Å². The lowest BCUT2D eigenvalue weighted by molar-refractivity contribution is -0.640. The van der Waals surface area contributed by atoms with Crippen LogP contribution in [0.5, 0.6) is 0 Å². The van der Waals surface area contributed by atoms with Crippen LogP contribution in [0, 0.1) is 12.1 Å². The summed E-state index contributed by atoms with van der Waals surface area (Å²) in [4.78, 5) is 0.715. The second-order valence-electron chi connectivity index (χ2n) is 3.86. The molecule has 0 unspecified atom stereocenters. The van der Waals surface area contributed by atoms with Gasteiger partial charge in [0.25, 0.3) is 5.52 Å². The van der Waals surface area contributed by atoms with Gasteiger partial charge in [-0.1, -0.05) is 30.3 Å². The number of fused-ring (bicyclic) bond motifs is 3. The molecule has 1 heterocycles. The number of rotatable bonds is 0. The SMILES string of the molecule is Cc1cccc2c3ccccc3n[n+]([O-])c12. The molecule has 78 valence electrons. The average Bonchev–Trinajstić information content (AvgIpc) is 2.29. The summed E-state index contributed by atoms with van der Waals surface area (Å²) in [6, 6.07) is 13.5. The van der Waals surface area contributed by atoms with Gasteiger partial charge in [-0.15, -0.1) is 0 Å². The van der Waals surface area contributed by atoms with Crippen molar-refractivity contribution in [1.29, 1.82) is 0 Å². The van der Waals surface area contributed by atoms with Crippen LogP contribution in [0.1, 0.15) is 5.56 Å². The highest BCUT2D eigenvalue weighted by molar-refractivity contribution is 6.02. The lowest BCUT2D eigenvalue weighted by Crippen LogP contribution is -2.32. The van der Waals surface area contributed by atoms with Crippen molar-refractivity contribution in [3.63, 3.8) is 0 Å². The fraction of sp³-hybridized carbons (Fsp3) is 0.0769. The normalized spacial score (nSPS) is 11.1. The van der Waals surface area contributed by atoms with Crippen LogP contribution in [-0.4, -0.2) is 5.10 Å². The third kappa shape index (κ3) is 1.15. The van der Waals surface area contributed by atoms with E-state index < -0.39 is 0 Å². The Balaban J connectivity index is 2.65. The molecule has 2 aromatic carbocycles. The van der Waals surface area contributed by atoms with Crippen LogP contribution < -0.4 is 4.85 Å². The molecule has 3 nitrogen and oxygen atoms in total. The quantitative estimate of drug-likeness (QED) is 0.324. The molecular weight excluding hydrogens is 200 g/mol. The lowest BCUT2D eigenvalue weighted by atomic mass is 10.1. The Labute approximate surface area is 92.5 Å². The van der Waals surface area contributed by atoms with E-state index in [1.54, 1.807) is 0 Å². The number of hydrogen-bond donors (Lipinski definition) is 0. The molecule has 16 heavy (non-hydrogen) atoms. The van der Waals surface area contributed by atoms with E-state index in [4.69, 9.17) is 0 Å². The maximum atomic E-state index is 11.8. The molecule has 0 saturated heterocycles. The van der Waals surface area contributed by atoms with E-state index in [9.17, 15) is 5.21 Å². The van der Waals surface area contributed by atoms with Gasteiger partial charge < -0.3 is 5.21 Å². The monoisotopic (exact) mass is 210 g/mol. The molecular formula is C13H10N2O. The van der Waals surface area contributed by atoms with E-state index >= 15 is 0 Å². The highest BCUT2D eigenvalue weighted by Crippen LogP contribution is 2.22. The minimum Gasteiger partial charge on any atom is -0.594 e. The highest BCUT2D eigenvalue weighted by atomic mass is 16.5. The number of aromatic nitrogens is 2. The van der Waals surface area contributed by atoms with Crippen LogP contribution in [0.4, 0.5) is 0 Å². The highest BCUT2D eigenvalue weighted by Gasteiger charge is 2.12. The van der Waals surface area contributed by atoms with Crippen LogP contribution in [0.15, 0.2) is 42.5 Å². The Hall–Kier alpha value is -2.16. The largest absolute Gasteiger partial charge is 0.594 e. The van der Waals surface area contributed by atoms with Gasteiger partial charge in [0.1, 0.15) is 5.52 Å². The van der Waals surface area contributed by atoms with Gasteiger partial charge in [0, 0.05) is 16.0 Å². The van der Waals surface area contributed by atoms with Crippen molar-refractivity contribution in [3.05, 3.63) is 53.2 Å². The first-order valence-corrected chi connectivity index (χ1v) is 5.15. The number of nitrogens with zero attached hydrogens (tertiary/aromatic N) is 2.